The van der Waals surface area contributed by atoms with Crippen molar-refractivity contribution in [2.24, 2.45) is 11.7 Å². The number of hydroxylamine groups is 1. The number of nitrogens with two attached hydrogens (primary N) is 1. The minimum Gasteiger partial charge on any atom is -0.480 e. The molecule has 4 N–H and O–H groups in total. The molecule has 6 nitrogen and oxygen atoms in total. The molecule has 1 atom stereocenters. The normalized spacial score (nSPS) is 18.2. The summed E-state index contributed by atoms with van der Waals surface area (Å²) >= 11 is 0. The van der Waals surface area contributed by atoms with E-state index in [4.69, 9.17) is 10.8 Å². The highest BCUT2D eigenvalue weighted by Crippen LogP contribution is 2.32. The van der Waals surface area contributed by atoms with Gasteiger partial charge in [-0.1, -0.05) is 0 Å². The van der Waals surface area contributed by atoms with Crippen molar-refractivity contribution in [2.45, 2.75) is 18.9 Å². The minimum atomic E-state index is -0.966. The Labute approximate surface area is 75.0 Å². The van der Waals surface area contributed by atoms with Crippen LogP contribution in [-0.4, -0.2) is 29.6 Å². The predicted molar refractivity (Wildman–Crippen MR) is 42.4 cm³/mol. The van der Waals surface area contributed by atoms with Crippen molar-refractivity contribution in [2.75, 3.05) is 6.61 Å². The molecule has 74 valence electrons. The van der Waals surface area contributed by atoms with Crippen LogP contribution in [0.1, 0.15) is 12.8 Å². The number of nitrogens with one attached hydrogen (secondary N) is 1. The Hall–Kier alpha value is -1.14. The summed E-state index contributed by atoms with van der Waals surface area (Å²) < 4.78 is 0. The van der Waals surface area contributed by atoms with Crippen LogP contribution in [0.5, 0.6) is 0 Å². The van der Waals surface area contributed by atoms with Gasteiger partial charge >= 0.3 is 5.97 Å². The van der Waals surface area contributed by atoms with Crippen molar-refractivity contribution in [3.63, 3.8) is 0 Å². The molecule has 1 amide bonds. The molecule has 0 spiro atoms. The topological polar surface area (TPSA) is 102 Å². The van der Waals surface area contributed by atoms with Crippen molar-refractivity contribution in [3.8, 4) is 0 Å². The molecule has 0 heterocycles. The Bertz CT molecular complexity index is 215. The number of amides is 1. The first-order chi connectivity index (χ1) is 6.11. The van der Waals surface area contributed by atoms with Crippen LogP contribution < -0.4 is 11.2 Å². The Balaban J connectivity index is 2.22. The largest absolute Gasteiger partial charge is 0.480 e. The molecule has 1 saturated carbocycles. The lowest BCUT2D eigenvalue weighted by atomic mass is 10.2. The van der Waals surface area contributed by atoms with Crippen LogP contribution >= 0.6 is 0 Å². The Morgan fingerprint density at radius 3 is 2.62 bits per heavy atom. The number of rotatable bonds is 6. The van der Waals surface area contributed by atoms with Crippen LogP contribution in [0.15, 0.2) is 0 Å². The van der Waals surface area contributed by atoms with E-state index < -0.39 is 17.9 Å². The number of carbonyl (C=O) groups is 2. The summed E-state index contributed by atoms with van der Waals surface area (Å²) in [5.41, 5.74) is 7.11. The lowest BCUT2D eigenvalue weighted by molar-refractivity contribution is -0.147. The zero-order valence-electron chi connectivity index (χ0n) is 7.03. The van der Waals surface area contributed by atoms with Crippen molar-refractivity contribution in [3.05, 3.63) is 0 Å². The molecule has 0 aromatic carbocycles. The van der Waals surface area contributed by atoms with Crippen LogP contribution in [-0.2, 0) is 14.4 Å². The van der Waals surface area contributed by atoms with Gasteiger partial charge in [0.25, 0.3) is 0 Å². The predicted octanol–water partition coefficient (Wildman–Crippen LogP) is -1.14. The highest BCUT2D eigenvalue weighted by Gasteiger charge is 2.36. The molecule has 13 heavy (non-hydrogen) atoms. The second-order valence-electron chi connectivity index (χ2n) is 3.03. The summed E-state index contributed by atoms with van der Waals surface area (Å²) in [4.78, 5) is 25.5. The average molecular weight is 188 g/mol. The van der Waals surface area contributed by atoms with Crippen molar-refractivity contribution >= 4 is 11.9 Å². The number of carbonyl (C=O) groups excluding carboxylic acids is 1. The van der Waals surface area contributed by atoms with Crippen LogP contribution in [0, 0.1) is 5.92 Å². The second kappa shape index (κ2) is 4.20. The third-order valence-electron chi connectivity index (χ3n) is 1.78. The van der Waals surface area contributed by atoms with E-state index in [1.807, 2.05) is 0 Å². The highest BCUT2D eigenvalue weighted by atomic mass is 16.6. The van der Waals surface area contributed by atoms with E-state index in [2.05, 4.69) is 10.3 Å². The van der Waals surface area contributed by atoms with Crippen molar-refractivity contribution < 1.29 is 19.5 Å². The number of carboxylic acid groups (broad SMARTS) is 1. The van der Waals surface area contributed by atoms with E-state index in [0.29, 0.717) is 0 Å². The van der Waals surface area contributed by atoms with E-state index >= 15 is 0 Å². The molecule has 1 rings (SSSR count). The molecule has 0 saturated heterocycles. The van der Waals surface area contributed by atoms with Gasteiger partial charge in [0.1, 0.15) is 12.6 Å². The van der Waals surface area contributed by atoms with E-state index in [-0.39, 0.29) is 12.5 Å². The number of aliphatic carboxylic acids is 1. The molecule has 6 heteroatoms. The fourth-order valence-corrected chi connectivity index (χ4v) is 0.980. The number of hydrogen-bond donors (Lipinski definition) is 3. The van der Waals surface area contributed by atoms with Gasteiger partial charge < -0.3 is 10.8 Å². The van der Waals surface area contributed by atoms with Gasteiger partial charge in [-0.3, -0.25) is 14.4 Å². The molecule has 1 fully saturated rings. The van der Waals surface area contributed by atoms with E-state index in [0.717, 1.165) is 12.8 Å². The van der Waals surface area contributed by atoms with E-state index in [9.17, 15) is 9.59 Å². The van der Waals surface area contributed by atoms with Crippen LogP contribution in [0.3, 0.4) is 0 Å². The molecule has 1 aliphatic rings. The zero-order chi connectivity index (χ0) is 9.84. The first kappa shape index (κ1) is 9.94. The first-order valence-electron chi connectivity index (χ1n) is 3.99. The van der Waals surface area contributed by atoms with Crippen LogP contribution in [0.2, 0.25) is 0 Å². The molecule has 1 aliphatic carbocycles. The van der Waals surface area contributed by atoms with Gasteiger partial charge in [-0.15, -0.1) is 0 Å². The fourth-order valence-electron chi connectivity index (χ4n) is 0.980. The van der Waals surface area contributed by atoms with Gasteiger partial charge in [0.15, 0.2) is 0 Å². The monoisotopic (exact) mass is 188 g/mol. The number of hydrogen-bond acceptors (Lipinski definition) is 4. The average Bonchev–Trinajstić information content (AvgIpc) is 2.79. The molecule has 0 aromatic rings. The number of carboxylic acids is 1. The maximum Gasteiger partial charge on any atom is 0.323 e. The summed E-state index contributed by atoms with van der Waals surface area (Å²) in [6, 6.07) is -0.723. The smallest absolute Gasteiger partial charge is 0.323 e. The molecule has 1 unspecified atom stereocenters. The quantitative estimate of drug-likeness (QED) is 0.457. The van der Waals surface area contributed by atoms with Crippen LogP contribution in [0.25, 0.3) is 0 Å². The SMILES string of the molecule is NC(=O)CONC(C(=O)O)C1CC1. The van der Waals surface area contributed by atoms with Gasteiger partial charge in [-0.2, -0.15) is 5.48 Å². The molecule has 0 aliphatic heterocycles. The van der Waals surface area contributed by atoms with Crippen molar-refractivity contribution in [1.82, 2.24) is 5.48 Å². The van der Waals surface area contributed by atoms with Gasteiger partial charge in [-0.25, -0.2) is 0 Å². The van der Waals surface area contributed by atoms with E-state index in [1.165, 1.54) is 0 Å². The first-order valence-corrected chi connectivity index (χ1v) is 3.99. The number of primary amides is 1. The minimum absolute atomic E-state index is 0.116. The summed E-state index contributed by atoms with van der Waals surface area (Å²) in [6.07, 6.45) is 1.76. The lowest BCUT2D eigenvalue weighted by Gasteiger charge is -2.11. The Kier molecular flexibility index (Phi) is 3.21. The highest BCUT2D eigenvalue weighted by molar-refractivity contribution is 5.75. The second-order valence-corrected chi connectivity index (χ2v) is 3.03. The van der Waals surface area contributed by atoms with Gasteiger partial charge in [0.05, 0.1) is 0 Å². The standard InChI is InChI=1S/C7H12N2O4/c8-5(10)3-13-9-6(7(11)12)4-1-2-4/h4,6,9H,1-3H2,(H2,8,10)(H,11,12). The summed E-state index contributed by atoms with van der Waals surface area (Å²) in [6.45, 7) is -0.309. The van der Waals surface area contributed by atoms with Crippen molar-refractivity contribution in [1.29, 1.82) is 0 Å². The summed E-state index contributed by atoms with van der Waals surface area (Å²) in [5, 5.41) is 8.69. The van der Waals surface area contributed by atoms with E-state index in [1.54, 1.807) is 0 Å². The fraction of sp³-hybridized carbons (Fsp3) is 0.714. The van der Waals surface area contributed by atoms with Gasteiger partial charge in [0, 0.05) is 0 Å². The molecular weight excluding hydrogens is 176 g/mol. The van der Waals surface area contributed by atoms with Gasteiger partial charge in [0.2, 0.25) is 5.91 Å². The van der Waals surface area contributed by atoms with Gasteiger partial charge in [-0.05, 0) is 18.8 Å². The maximum absolute atomic E-state index is 10.6. The Morgan fingerprint density at radius 1 is 1.62 bits per heavy atom. The van der Waals surface area contributed by atoms with Crippen LogP contribution in [0.4, 0.5) is 0 Å². The maximum atomic E-state index is 10.6. The summed E-state index contributed by atoms with van der Waals surface area (Å²) in [7, 11) is 0. The molecule has 0 aromatic heterocycles. The Morgan fingerprint density at radius 2 is 2.23 bits per heavy atom. The molecule has 0 bridgehead atoms. The molecule has 0 radical (unpaired) electrons. The third kappa shape index (κ3) is 3.39. The zero-order valence-corrected chi connectivity index (χ0v) is 7.03. The molecular formula is C7H12N2O4. The lowest BCUT2D eigenvalue weighted by Crippen LogP contribution is -2.40. The third-order valence-corrected chi connectivity index (χ3v) is 1.78. The summed E-state index contributed by atoms with van der Waals surface area (Å²) in [5.74, 6) is -1.48.